The van der Waals surface area contributed by atoms with Crippen LogP contribution in [0.5, 0.6) is 17.2 Å². The van der Waals surface area contributed by atoms with Gasteiger partial charge in [-0.2, -0.15) is 0 Å². The molecule has 2 aromatic carbocycles. The third-order valence-corrected chi connectivity index (χ3v) is 4.78. The minimum Gasteiger partial charge on any atom is -0.493 e. The Labute approximate surface area is 176 Å². The Morgan fingerprint density at radius 2 is 1.73 bits per heavy atom. The molecule has 30 heavy (non-hydrogen) atoms. The average Bonchev–Trinajstić information content (AvgIpc) is 3.18. The van der Waals surface area contributed by atoms with Gasteiger partial charge in [-0.1, -0.05) is 26.0 Å². The van der Waals surface area contributed by atoms with Crippen LogP contribution in [0.4, 0.5) is 0 Å². The normalized spacial score (nSPS) is 12.3. The van der Waals surface area contributed by atoms with Crippen molar-refractivity contribution in [3.63, 3.8) is 0 Å². The molecule has 1 atom stereocenters. The van der Waals surface area contributed by atoms with E-state index in [0.717, 1.165) is 22.4 Å². The van der Waals surface area contributed by atoms with Gasteiger partial charge in [0.05, 0.1) is 38.4 Å². The van der Waals surface area contributed by atoms with Crippen molar-refractivity contribution in [2.24, 2.45) is 5.92 Å². The SMILES string of the molecule is COc1cc(C=CC(=O)NC(c2nc3ccccc3[nH]2)C(C)C)cc(OC)c1OC. The van der Waals surface area contributed by atoms with E-state index in [1.54, 1.807) is 39.5 Å². The second kappa shape index (κ2) is 9.35. The first-order valence-corrected chi connectivity index (χ1v) is 9.70. The molecule has 0 aliphatic heterocycles. The highest BCUT2D eigenvalue weighted by Gasteiger charge is 2.21. The molecule has 0 aliphatic rings. The largest absolute Gasteiger partial charge is 0.493 e. The highest BCUT2D eigenvalue weighted by molar-refractivity contribution is 5.92. The van der Waals surface area contributed by atoms with Gasteiger partial charge in [0.2, 0.25) is 11.7 Å². The van der Waals surface area contributed by atoms with Crippen molar-refractivity contribution >= 4 is 23.0 Å². The summed E-state index contributed by atoms with van der Waals surface area (Å²) in [6, 6.07) is 11.1. The summed E-state index contributed by atoms with van der Waals surface area (Å²) in [5, 5.41) is 3.04. The van der Waals surface area contributed by atoms with E-state index in [0.29, 0.717) is 17.2 Å². The predicted molar refractivity (Wildman–Crippen MR) is 117 cm³/mol. The number of aromatic amines is 1. The molecule has 1 amide bonds. The third-order valence-electron chi connectivity index (χ3n) is 4.78. The summed E-state index contributed by atoms with van der Waals surface area (Å²) in [7, 11) is 4.66. The molecule has 3 rings (SSSR count). The van der Waals surface area contributed by atoms with Gasteiger partial charge in [0.15, 0.2) is 11.5 Å². The lowest BCUT2D eigenvalue weighted by Gasteiger charge is -2.19. The van der Waals surface area contributed by atoms with Crippen LogP contribution in [0.25, 0.3) is 17.1 Å². The summed E-state index contributed by atoms with van der Waals surface area (Å²) in [6.07, 6.45) is 3.19. The highest BCUT2D eigenvalue weighted by Crippen LogP contribution is 2.38. The van der Waals surface area contributed by atoms with E-state index in [1.807, 2.05) is 38.1 Å². The van der Waals surface area contributed by atoms with E-state index in [2.05, 4.69) is 15.3 Å². The number of ether oxygens (including phenoxy) is 3. The maximum atomic E-state index is 12.6. The average molecular weight is 409 g/mol. The molecule has 0 fully saturated rings. The quantitative estimate of drug-likeness (QED) is 0.547. The standard InChI is InChI=1S/C23H27N3O4/c1-14(2)21(23-24-16-8-6-7-9-17(16)25-23)26-20(27)11-10-15-12-18(28-3)22(30-5)19(13-15)29-4/h6-14,21H,1-5H3,(H,24,25)(H,26,27). The van der Waals surface area contributed by atoms with Gasteiger partial charge in [0, 0.05) is 6.08 Å². The van der Waals surface area contributed by atoms with Crippen molar-refractivity contribution < 1.29 is 19.0 Å². The molecule has 7 nitrogen and oxygen atoms in total. The number of nitrogens with one attached hydrogen (secondary N) is 2. The lowest BCUT2D eigenvalue weighted by molar-refractivity contribution is -0.117. The van der Waals surface area contributed by atoms with Crippen molar-refractivity contribution in [2.45, 2.75) is 19.9 Å². The summed E-state index contributed by atoms with van der Waals surface area (Å²) in [5.74, 6) is 2.23. The fourth-order valence-electron chi connectivity index (χ4n) is 3.24. The van der Waals surface area contributed by atoms with E-state index in [9.17, 15) is 4.79 Å². The van der Waals surface area contributed by atoms with Crippen molar-refractivity contribution in [1.82, 2.24) is 15.3 Å². The highest BCUT2D eigenvalue weighted by atomic mass is 16.5. The lowest BCUT2D eigenvalue weighted by atomic mass is 10.0. The Morgan fingerprint density at radius 1 is 1.07 bits per heavy atom. The zero-order valence-electron chi connectivity index (χ0n) is 17.9. The summed E-state index contributed by atoms with van der Waals surface area (Å²) < 4.78 is 16.0. The van der Waals surface area contributed by atoms with Crippen LogP contribution in [0.15, 0.2) is 42.5 Å². The number of para-hydroxylation sites is 2. The first-order valence-electron chi connectivity index (χ1n) is 9.70. The second-order valence-corrected chi connectivity index (χ2v) is 7.16. The van der Waals surface area contributed by atoms with E-state index in [4.69, 9.17) is 14.2 Å². The summed E-state index contributed by atoms with van der Waals surface area (Å²) in [4.78, 5) is 20.6. The maximum absolute atomic E-state index is 12.6. The molecule has 0 radical (unpaired) electrons. The zero-order chi connectivity index (χ0) is 21.7. The predicted octanol–water partition coefficient (Wildman–Crippen LogP) is 4.12. The molecule has 0 saturated carbocycles. The molecule has 3 aromatic rings. The Balaban J connectivity index is 1.79. The number of imidazole rings is 1. The van der Waals surface area contributed by atoms with Crippen LogP contribution < -0.4 is 19.5 Å². The van der Waals surface area contributed by atoms with Crippen molar-refractivity contribution in [1.29, 1.82) is 0 Å². The Morgan fingerprint density at radius 3 is 2.30 bits per heavy atom. The molecular formula is C23H27N3O4. The smallest absolute Gasteiger partial charge is 0.244 e. The van der Waals surface area contributed by atoms with Crippen LogP contribution in [0.1, 0.15) is 31.3 Å². The molecule has 0 saturated heterocycles. The fraction of sp³-hybridized carbons (Fsp3) is 0.304. The van der Waals surface area contributed by atoms with E-state index in [-0.39, 0.29) is 17.9 Å². The van der Waals surface area contributed by atoms with Gasteiger partial charge in [-0.05, 0) is 41.8 Å². The topological polar surface area (TPSA) is 85.5 Å². The Bertz CT molecular complexity index is 998. The van der Waals surface area contributed by atoms with Gasteiger partial charge in [0.25, 0.3) is 0 Å². The Hall–Kier alpha value is -3.48. The maximum Gasteiger partial charge on any atom is 0.244 e. The fourth-order valence-corrected chi connectivity index (χ4v) is 3.24. The number of nitrogens with zero attached hydrogens (tertiary/aromatic N) is 1. The molecule has 1 unspecified atom stereocenters. The van der Waals surface area contributed by atoms with E-state index in [1.165, 1.54) is 6.08 Å². The van der Waals surface area contributed by atoms with Gasteiger partial charge < -0.3 is 24.5 Å². The van der Waals surface area contributed by atoms with E-state index >= 15 is 0 Å². The van der Waals surface area contributed by atoms with Crippen LogP contribution >= 0.6 is 0 Å². The van der Waals surface area contributed by atoms with Crippen LogP contribution in [-0.4, -0.2) is 37.2 Å². The number of methoxy groups -OCH3 is 3. The molecule has 158 valence electrons. The van der Waals surface area contributed by atoms with Crippen molar-refractivity contribution in [3.8, 4) is 17.2 Å². The first-order chi connectivity index (χ1) is 14.5. The number of H-pyrrole nitrogens is 1. The molecule has 0 aliphatic carbocycles. The molecule has 0 bridgehead atoms. The summed E-state index contributed by atoms with van der Waals surface area (Å²) >= 11 is 0. The first kappa shape index (κ1) is 21.2. The monoisotopic (exact) mass is 409 g/mol. The number of carbonyl (C=O) groups excluding carboxylic acids is 1. The second-order valence-electron chi connectivity index (χ2n) is 7.16. The van der Waals surface area contributed by atoms with Crippen molar-refractivity contribution in [3.05, 3.63) is 53.9 Å². The van der Waals surface area contributed by atoms with Gasteiger partial charge in [-0.15, -0.1) is 0 Å². The third kappa shape index (κ3) is 4.56. The molecular weight excluding hydrogens is 382 g/mol. The lowest BCUT2D eigenvalue weighted by Crippen LogP contribution is -2.31. The summed E-state index contributed by atoms with van der Waals surface area (Å²) in [5.41, 5.74) is 2.57. The number of carbonyl (C=O) groups is 1. The summed E-state index contributed by atoms with van der Waals surface area (Å²) in [6.45, 7) is 4.09. The van der Waals surface area contributed by atoms with Crippen LogP contribution in [0.3, 0.4) is 0 Å². The number of benzene rings is 2. The molecule has 0 spiro atoms. The Kier molecular flexibility index (Phi) is 6.61. The van der Waals surface area contributed by atoms with Gasteiger partial charge >= 0.3 is 0 Å². The minimum absolute atomic E-state index is 0.157. The van der Waals surface area contributed by atoms with Gasteiger partial charge in [-0.3, -0.25) is 4.79 Å². The number of rotatable bonds is 8. The van der Waals surface area contributed by atoms with Crippen LogP contribution in [-0.2, 0) is 4.79 Å². The number of hydrogen-bond donors (Lipinski definition) is 2. The number of hydrogen-bond acceptors (Lipinski definition) is 5. The number of amides is 1. The number of fused-ring (bicyclic) bond motifs is 1. The van der Waals surface area contributed by atoms with Crippen molar-refractivity contribution in [2.75, 3.05) is 21.3 Å². The molecule has 1 aromatic heterocycles. The molecule has 1 heterocycles. The molecule has 7 heteroatoms. The van der Waals surface area contributed by atoms with Crippen LogP contribution in [0.2, 0.25) is 0 Å². The van der Waals surface area contributed by atoms with Gasteiger partial charge in [-0.25, -0.2) is 4.98 Å². The number of aromatic nitrogens is 2. The molecule has 2 N–H and O–H groups in total. The van der Waals surface area contributed by atoms with E-state index < -0.39 is 0 Å². The van der Waals surface area contributed by atoms with Crippen LogP contribution in [0, 0.1) is 5.92 Å². The minimum atomic E-state index is -0.241. The zero-order valence-corrected chi connectivity index (χ0v) is 17.9. The van der Waals surface area contributed by atoms with Gasteiger partial charge in [0.1, 0.15) is 5.82 Å².